The fourth-order valence-electron chi connectivity index (χ4n) is 1.97. The normalized spacial score (nSPS) is 21.0. The summed E-state index contributed by atoms with van der Waals surface area (Å²) in [6.45, 7) is 2.72. The Bertz CT molecular complexity index is 625. The second-order valence-electron chi connectivity index (χ2n) is 4.27. The van der Waals surface area contributed by atoms with Crippen molar-refractivity contribution in [2.24, 2.45) is 0 Å². The fourth-order valence-corrected chi connectivity index (χ4v) is 4.88. The van der Waals surface area contributed by atoms with E-state index in [9.17, 15) is 12.8 Å². The number of nitriles is 1. The van der Waals surface area contributed by atoms with E-state index in [1.54, 1.807) is 17.8 Å². The molecule has 2 rings (SSSR count). The largest absolute Gasteiger partial charge is 0.244 e. The Labute approximate surface area is 116 Å². The van der Waals surface area contributed by atoms with Crippen molar-refractivity contribution in [3.63, 3.8) is 0 Å². The second-order valence-corrected chi connectivity index (χ2v) is 7.72. The van der Waals surface area contributed by atoms with Crippen molar-refractivity contribution in [1.29, 1.82) is 5.26 Å². The predicted octanol–water partition coefficient (Wildman–Crippen LogP) is 1.82. The quantitative estimate of drug-likeness (QED) is 0.836. The van der Waals surface area contributed by atoms with Crippen molar-refractivity contribution in [3.8, 4) is 6.07 Å². The van der Waals surface area contributed by atoms with Crippen molar-refractivity contribution < 1.29 is 12.8 Å². The number of hydrogen-bond donors (Lipinski definition) is 0. The molecule has 0 aromatic heterocycles. The van der Waals surface area contributed by atoms with Crippen molar-refractivity contribution in [2.75, 3.05) is 18.8 Å². The summed E-state index contributed by atoms with van der Waals surface area (Å²) in [6.07, 6.45) is 0. The Morgan fingerprint density at radius 2 is 2.26 bits per heavy atom. The minimum absolute atomic E-state index is 0.197. The molecule has 0 amide bonds. The molecule has 1 aliphatic rings. The summed E-state index contributed by atoms with van der Waals surface area (Å²) >= 11 is 1.70. The van der Waals surface area contributed by atoms with E-state index in [0.717, 1.165) is 6.07 Å². The third kappa shape index (κ3) is 2.76. The van der Waals surface area contributed by atoms with Gasteiger partial charge in [0.05, 0.1) is 0 Å². The van der Waals surface area contributed by atoms with Crippen molar-refractivity contribution in [3.05, 3.63) is 29.6 Å². The van der Waals surface area contributed by atoms with E-state index in [4.69, 9.17) is 5.26 Å². The first-order valence-electron chi connectivity index (χ1n) is 5.77. The van der Waals surface area contributed by atoms with Gasteiger partial charge in [-0.05, 0) is 12.1 Å². The van der Waals surface area contributed by atoms with Gasteiger partial charge in [-0.1, -0.05) is 13.0 Å². The summed E-state index contributed by atoms with van der Waals surface area (Å²) in [5.74, 6) is -0.0968. The van der Waals surface area contributed by atoms with E-state index in [2.05, 4.69) is 0 Å². The molecule has 1 atom stereocenters. The highest BCUT2D eigenvalue weighted by molar-refractivity contribution is 8.00. The summed E-state index contributed by atoms with van der Waals surface area (Å²) < 4.78 is 39.8. The maximum absolute atomic E-state index is 13.5. The number of sulfonamides is 1. The van der Waals surface area contributed by atoms with Crippen molar-refractivity contribution >= 4 is 21.8 Å². The molecule has 7 heteroatoms. The average molecular weight is 300 g/mol. The first kappa shape index (κ1) is 14.3. The lowest BCUT2D eigenvalue weighted by atomic mass is 10.2. The van der Waals surface area contributed by atoms with Crippen molar-refractivity contribution in [1.82, 2.24) is 4.31 Å². The molecule has 1 unspecified atom stereocenters. The highest BCUT2D eigenvalue weighted by Crippen LogP contribution is 2.26. The van der Waals surface area contributed by atoms with Gasteiger partial charge in [0.15, 0.2) is 0 Å². The van der Waals surface area contributed by atoms with E-state index >= 15 is 0 Å². The third-order valence-corrected chi connectivity index (χ3v) is 5.95. The van der Waals surface area contributed by atoms with Gasteiger partial charge in [0.25, 0.3) is 0 Å². The SMILES string of the molecule is CC1CN(S(=O)(=O)c2cccc(F)c2C#N)CCS1. The molecule has 0 spiro atoms. The van der Waals surface area contributed by atoms with Crippen LogP contribution in [0.3, 0.4) is 0 Å². The Hall–Kier alpha value is -1.10. The molecule has 0 N–H and O–H groups in total. The second kappa shape index (κ2) is 5.49. The van der Waals surface area contributed by atoms with E-state index < -0.39 is 21.4 Å². The topological polar surface area (TPSA) is 61.2 Å². The molecule has 0 bridgehead atoms. The van der Waals surface area contributed by atoms with E-state index in [-0.39, 0.29) is 10.1 Å². The first-order valence-corrected chi connectivity index (χ1v) is 8.26. The Kier molecular flexibility index (Phi) is 4.13. The fraction of sp³-hybridized carbons (Fsp3) is 0.417. The average Bonchev–Trinajstić information content (AvgIpc) is 2.38. The summed E-state index contributed by atoms with van der Waals surface area (Å²) in [6, 6.07) is 5.32. The predicted molar refractivity (Wildman–Crippen MR) is 71.8 cm³/mol. The molecule has 1 aliphatic heterocycles. The molecular weight excluding hydrogens is 287 g/mol. The number of rotatable bonds is 2. The smallest absolute Gasteiger partial charge is 0.207 e. The number of thioether (sulfide) groups is 1. The van der Waals surface area contributed by atoms with Crippen LogP contribution >= 0.6 is 11.8 Å². The Balaban J connectivity index is 2.46. The van der Waals surface area contributed by atoms with Crippen molar-refractivity contribution in [2.45, 2.75) is 17.1 Å². The van der Waals surface area contributed by atoms with Crippen LogP contribution in [-0.4, -0.2) is 36.8 Å². The van der Waals surface area contributed by atoms with Gasteiger partial charge in [0.2, 0.25) is 10.0 Å². The summed E-state index contributed by atoms with van der Waals surface area (Å²) in [5, 5.41) is 9.13. The molecule has 1 fully saturated rings. The molecule has 19 heavy (non-hydrogen) atoms. The maximum Gasteiger partial charge on any atom is 0.244 e. The summed E-state index contributed by atoms with van der Waals surface area (Å²) in [5.41, 5.74) is -0.409. The molecule has 1 heterocycles. The van der Waals surface area contributed by atoms with E-state index in [1.165, 1.54) is 16.4 Å². The highest BCUT2D eigenvalue weighted by atomic mass is 32.2. The number of benzene rings is 1. The minimum Gasteiger partial charge on any atom is -0.207 e. The summed E-state index contributed by atoms with van der Waals surface area (Å²) in [7, 11) is -3.80. The van der Waals surface area contributed by atoms with Crippen LogP contribution in [0.1, 0.15) is 12.5 Å². The number of nitrogens with zero attached hydrogens (tertiary/aromatic N) is 2. The Morgan fingerprint density at radius 3 is 2.89 bits per heavy atom. The van der Waals surface area contributed by atoms with Crippen LogP contribution in [0.4, 0.5) is 4.39 Å². The summed E-state index contributed by atoms with van der Waals surface area (Å²) in [4.78, 5) is -0.242. The highest BCUT2D eigenvalue weighted by Gasteiger charge is 2.31. The molecule has 0 saturated carbocycles. The van der Waals surface area contributed by atoms with Crippen LogP contribution in [0.2, 0.25) is 0 Å². The van der Waals surface area contributed by atoms with Crippen LogP contribution in [0, 0.1) is 17.1 Å². The molecule has 0 radical (unpaired) electrons. The van der Waals surface area contributed by atoms with Crippen LogP contribution in [-0.2, 0) is 10.0 Å². The van der Waals surface area contributed by atoms with Gasteiger partial charge in [-0.25, -0.2) is 12.8 Å². The molecule has 4 nitrogen and oxygen atoms in total. The number of hydrogen-bond acceptors (Lipinski definition) is 4. The zero-order valence-electron chi connectivity index (χ0n) is 10.3. The molecule has 1 saturated heterocycles. The number of halogens is 1. The van der Waals surface area contributed by atoms with Gasteiger partial charge in [-0.15, -0.1) is 0 Å². The molecule has 102 valence electrons. The monoisotopic (exact) mass is 300 g/mol. The van der Waals surface area contributed by atoms with E-state index in [1.807, 2.05) is 6.92 Å². The van der Waals surface area contributed by atoms with Gasteiger partial charge in [-0.2, -0.15) is 21.3 Å². The van der Waals surface area contributed by atoms with Gasteiger partial charge >= 0.3 is 0 Å². The van der Waals surface area contributed by atoms with Gasteiger partial charge in [0, 0.05) is 24.1 Å². The lowest BCUT2D eigenvalue weighted by Crippen LogP contribution is -2.41. The van der Waals surface area contributed by atoms with Gasteiger partial charge in [0.1, 0.15) is 22.3 Å². The third-order valence-electron chi connectivity index (χ3n) is 2.91. The van der Waals surface area contributed by atoms with E-state index in [0.29, 0.717) is 18.8 Å². The lowest BCUT2D eigenvalue weighted by molar-refractivity contribution is 0.423. The van der Waals surface area contributed by atoms with Crippen LogP contribution < -0.4 is 0 Å². The minimum atomic E-state index is -3.80. The first-order chi connectivity index (χ1) is 8.96. The molecular formula is C12H13FN2O2S2. The molecule has 0 aliphatic carbocycles. The van der Waals surface area contributed by atoms with Gasteiger partial charge < -0.3 is 0 Å². The molecule has 1 aromatic rings. The van der Waals surface area contributed by atoms with Crippen LogP contribution in [0.15, 0.2) is 23.1 Å². The zero-order valence-corrected chi connectivity index (χ0v) is 12.0. The Morgan fingerprint density at radius 1 is 1.53 bits per heavy atom. The van der Waals surface area contributed by atoms with Crippen LogP contribution in [0.25, 0.3) is 0 Å². The lowest BCUT2D eigenvalue weighted by Gasteiger charge is -2.29. The maximum atomic E-state index is 13.5. The molecule has 1 aromatic carbocycles. The zero-order chi connectivity index (χ0) is 14.0. The standard InChI is InChI=1S/C12H13FN2O2S2/c1-9-8-15(5-6-18-9)19(16,17)12-4-2-3-11(13)10(12)7-14/h2-4,9H,5-6,8H2,1H3. The van der Waals surface area contributed by atoms with Gasteiger partial charge in [-0.3, -0.25) is 0 Å². The van der Waals surface area contributed by atoms with Crippen LogP contribution in [0.5, 0.6) is 0 Å².